The van der Waals surface area contributed by atoms with Crippen LogP contribution in [0.2, 0.25) is 5.02 Å². The van der Waals surface area contributed by atoms with Crippen molar-refractivity contribution in [3.05, 3.63) is 21.7 Å². The molecule has 1 saturated heterocycles. The van der Waals surface area contributed by atoms with Gasteiger partial charge in [-0.25, -0.2) is 4.98 Å². The Morgan fingerprint density at radius 2 is 2.47 bits per heavy atom. The van der Waals surface area contributed by atoms with Gasteiger partial charge in [-0.05, 0) is 6.42 Å². The Morgan fingerprint density at radius 3 is 3.18 bits per heavy atom. The number of amides is 1. The minimum atomic E-state index is -0.348. The van der Waals surface area contributed by atoms with Crippen LogP contribution in [0.3, 0.4) is 0 Å². The van der Waals surface area contributed by atoms with Gasteiger partial charge < -0.3 is 15.2 Å². The monoisotopic (exact) mass is 256 g/mol. The molecular weight excluding hydrogens is 244 g/mol. The number of hydrogen-bond acceptors (Lipinski definition) is 4. The lowest BCUT2D eigenvalue weighted by Gasteiger charge is -2.18. The summed E-state index contributed by atoms with van der Waals surface area (Å²) in [5.41, 5.74) is -0.348. The van der Waals surface area contributed by atoms with E-state index in [1.165, 1.54) is 13.3 Å². The van der Waals surface area contributed by atoms with E-state index in [0.29, 0.717) is 12.4 Å². The van der Waals surface area contributed by atoms with Crippen LogP contribution in [-0.4, -0.2) is 35.0 Å². The summed E-state index contributed by atoms with van der Waals surface area (Å²) < 4.78 is 0. The maximum Gasteiger partial charge on any atom is 0.271 e. The average molecular weight is 257 g/mol. The molecule has 0 bridgehead atoms. The van der Waals surface area contributed by atoms with E-state index < -0.39 is 0 Å². The number of aromatic amines is 1. The van der Waals surface area contributed by atoms with E-state index in [4.69, 9.17) is 11.6 Å². The van der Waals surface area contributed by atoms with E-state index in [9.17, 15) is 9.59 Å². The second kappa shape index (κ2) is 4.75. The molecule has 7 heteroatoms. The zero-order valence-corrected chi connectivity index (χ0v) is 10.1. The second-order valence-electron chi connectivity index (χ2n) is 4.00. The summed E-state index contributed by atoms with van der Waals surface area (Å²) in [5, 5.41) is 2.93. The first-order valence-electron chi connectivity index (χ1n) is 5.33. The number of carbonyl (C=O) groups is 1. The molecule has 17 heavy (non-hydrogen) atoms. The number of hydrogen-bond donors (Lipinski definition) is 2. The summed E-state index contributed by atoms with van der Waals surface area (Å²) in [7, 11) is 0. The largest absolute Gasteiger partial charge is 0.353 e. The van der Waals surface area contributed by atoms with Gasteiger partial charge in [-0.2, -0.15) is 0 Å². The highest BCUT2D eigenvalue weighted by Crippen LogP contribution is 2.22. The number of nitrogens with zero attached hydrogens (tertiary/aromatic N) is 2. The molecule has 1 aliphatic rings. The summed E-state index contributed by atoms with van der Waals surface area (Å²) in [6, 6.07) is 0.0876. The van der Waals surface area contributed by atoms with Gasteiger partial charge in [0.2, 0.25) is 5.91 Å². The average Bonchev–Trinajstić information content (AvgIpc) is 2.69. The number of halogens is 1. The Labute approximate surface area is 103 Å². The summed E-state index contributed by atoms with van der Waals surface area (Å²) in [5.74, 6) is 0.421. The van der Waals surface area contributed by atoms with Crippen LogP contribution in [-0.2, 0) is 4.79 Å². The summed E-state index contributed by atoms with van der Waals surface area (Å²) in [6.07, 6.45) is 2.15. The van der Waals surface area contributed by atoms with Gasteiger partial charge >= 0.3 is 0 Å². The number of carbonyl (C=O) groups excluding carboxylic acids is 1. The summed E-state index contributed by atoms with van der Waals surface area (Å²) in [6.45, 7) is 2.83. The summed E-state index contributed by atoms with van der Waals surface area (Å²) in [4.78, 5) is 30.6. The lowest BCUT2D eigenvalue weighted by atomic mass is 10.3. The predicted molar refractivity (Wildman–Crippen MR) is 64.3 cm³/mol. The van der Waals surface area contributed by atoms with Gasteiger partial charge in [-0.15, -0.1) is 0 Å². The second-order valence-corrected chi connectivity index (χ2v) is 4.38. The van der Waals surface area contributed by atoms with Crippen molar-refractivity contribution in [2.75, 3.05) is 18.0 Å². The maximum absolute atomic E-state index is 11.3. The van der Waals surface area contributed by atoms with E-state index in [0.717, 1.165) is 13.0 Å². The third-order valence-corrected chi connectivity index (χ3v) is 3.01. The minimum absolute atomic E-state index is 0.0539. The minimum Gasteiger partial charge on any atom is -0.353 e. The quantitative estimate of drug-likeness (QED) is 0.789. The van der Waals surface area contributed by atoms with Gasteiger partial charge in [0, 0.05) is 26.1 Å². The van der Waals surface area contributed by atoms with Gasteiger partial charge in [0.25, 0.3) is 5.56 Å². The van der Waals surface area contributed by atoms with Crippen molar-refractivity contribution in [3.63, 3.8) is 0 Å². The highest BCUT2D eigenvalue weighted by molar-refractivity contribution is 6.32. The van der Waals surface area contributed by atoms with Crippen molar-refractivity contribution < 1.29 is 4.79 Å². The lowest BCUT2D eigenvalue weighted by molar-refractivity contribution is -0.119. The van der Waals surface area contributed by atoms with Crippen molar-refractivity contribution in [2.24, 2.45) is 0 Å². The van der Waals surface area contributed by atoms with Crippen LogP contribution in [0.5, 0.6) is 0 Å². The molecule has 1 atom stereocenters. The molecule has 1 amide bonds. The molecule has 6 nitrogen and oxygen atoms in total. The molecule has 2 N–H and O–H groups in total. The lowest BCUT2D eigenvalue weighted by Crippen LogP contribution is -2.36. The fraction of sp³-hybridized carbons (Fsp3) is 0.500. The van der Waals surface area contributed by atoms with Crippen molar-refractivity contribution in [1.82, 2.24) is 15.3 Å². The first kappa shape index (κ1) is 11.9. The van der Waals surface area contributed by atoms with Gasteiger partial charge in [0.1, 0.15) is 5.02 Å². The van der Waals surface area contributed by atoms with E-state index in [2.05, 4.69) is 15.3 Å². The van der Waals surface area contributed by atoms with Crippen molar-refractivity contribution in [1.29, 1.82) is 0 Å². The molecule has 1 aromatic rings. The first-order valence-corrected chi connectivity index (χ1v) is 5.71. The number of nitrogens with one attached hydrogen (secondary N) is 2. The zero-order valence-electron chi connectivity index (χ0n) is 9.36. The molecule has 1 unspecified atom stereocenters. The Balaban J connectivity index is 2.12. The maximum atomic E-state index is 11.3. The SMILES string of the molecule is CC(=O)NC1CCN(c2nc[nH]c(=O)c2Cl)C1. The fourth-order valence-corrected chi connectivity index (χ4v) is 2.17. The molecule has 0 aliphatic carbocycles. The third-order valence-electron chi connectivity index (χ3n) is 2.67. The zero-order chi connectivity index (χ0) is 12.4. The highest BCUT2D eigenvalue weighted by atomic mass is 35.5. The molecule has 0 spiro atoms. The Kier molecular flexibility index (Phi) is 3.33. The molecular formula is C10H13ClN4O2. The number of rotatable bonds is 2. The van der Waals surface area contributed by atoms with Crippen LogP contribution in [0.15, 0.2) is 11.1 Å². The first-order chi connectivity index (χ1) is 8.08. The Morgan fingerprint density at radius 1 is 1.71 bits per heavy atom. The molecule has 0 aromatic carbocycles. The van der Waals surface area contributed by atoms with Crippen LogP contribution in [0.25, 0.3) is 0 Å². The van der Waals surface area contributed by atoms with Gasteiger partial charge in [-0.1, -0.05) is 11.6 Å². The van der Waals surface area contributed by atoms with E-state index >= 15 is 0 Å². The van der Waals surface area contributed by atoms with Gasteiger partial charge in [0.15, 0.2) is 5.82 Å². The molecule has 1 aromatic heterocycles. The highest BCUT2D eigenvalue weighted by Gasteiger charge is 2.25. The standard InChI is InChI=1S/C10H13ClN4O2/c1-6(16)14-7-2-3-15(4-7)9-8(11)10(17)13-5-12-9/h5,7H,2-4H2,1H3,(H,14,16)(H,12,13,17). The summed E-state index contributed by atoms with van der Waals surface area (Å²) >= 11 is 5.89. The van der Waals surface area contributed by atoms with Crippen molar-refractivity contribution >= 4 is 23.3 Å². The Bertz CT molecular complexity index is 487. The molecule has 0 radical (unpaired) electrons. The van der Waals surface area contributed by atoms with Crippen LogP contribution < -0.4 is 15.8 Å². The van der Waals surface area contributed by atoms with E-state index in [1.807, 2.05) is 4.90 Å². The normalized spacial score (nSPS) is 19.4. The fourth-order valence-electron chi connectivity index (χ4n) is 1.95. The molecule has 2 heterocycles. The van der Waals surface area contributed by atoms with Crippen molar-refractivity contribution in [3.8, 4) is 0 Å². The predicted octanol–water partition coefficient (Wildman–Crippen LogP) is 0.138. The smallest absolute Gasteiger partial charge is 0.271 e. The molecule has 0 saturated carbocycles. The topological polar surface area (TPSA) is 78.1 Å². The third kappa shape index (κ3) is 2.58. The molecule has 92 valence electrons. The molecule has 1 aliphatic heterocycles. The Hall–Kier alpha value is -1.56. The van der Waals surface area contributed by atoms with Crippen LogP contribution in [0, 0.1) is 0 Å². The molecule has 2 rings (SSSR count). The molecule has 1 fully saturated rings. The van der Waals surface area contributed by atoms with Crippen molar-refractivity contribution in [2.45, 2.75) is 19.4 Å². The number of anilines is 1. The number of aromatic nitrogens is 2. The van der Waals surface area contributed by atoms with E-state index in [1.54, 1.807) is 0 Å². The van der Waals surface area contributed by atoms with Gasteiger partial charge in [-0.3, -0.25) is 9.59 Å². The van der Waals surface area contributed by atoms with Crippen LogP contribution in [0.4, 0.5) is 5.82 Å². The van der Waals surface area contributed by atoms with Crippen LogP contribution >= 0.6 is 11.6 Å². The van der Waals surface area contributed by atoms with E-state index in [-0.39, 0.29) is 22.5 Å². The van der Waals surface area contributed by atoms with Gasteiger partial charge in [0.05, 0.1) is 6.33 Å². The van der Waals surface area contributed by atoms with Crippen LogP contribution in [0.1, 0.15) is 13.3 Å². The number of H-pyrrole nitrogens is 1.